The second kappa shape index (κ2) is 7.76. The summed E-state index contributed by atoms with van der Waals surface area (Å²) < 4.78 is 0. The molecule has 2 rings (SSSR count). The van der Waals surface area contributed by atoms with Gasteiger partial charge in [-0.3, -0.25) is 4.79 Å². The molecule has 1 aromatic rings. The van der Waals surface area contributed by atoms with E-state index in [1.54, 1.807) is 0 Å². The number of ketones is 1. The van der Waals surface area contributed by atoms with Crippen molar-refractivity contribution in [1.29, 1.82) is 0 Å². The molecular weight excluding hydrogens is 284 g/mol. The van der Waals surface area contributed by atoms with Gasteiger partial charge < -0.3 is 4.90 Å². The normalized spacial score (nSPS) is 16.0. The average molecular weight is 314 g/mol. The van der Waals surface area contributed by atoms with Gasteiger partial charge in [0.1, 0.15) is 5.84 Å². The topological polar surface area (TPSA) is 32.7 Å². The zero-order chi connectivity index (χ0) is 17.0. The Balaban J connectivity index is 2.21. The molecule has 3 heteroatoms. The molecule has 0 atom stereocenters. The first-order valence-electron chi connectivity index (χ1n) is 8.83. The van der Waals surface area contributed by atoms with Crippen molar-refractivity contribution in [3.8, 4) is 0 Å². The van der Waals surface area contributed by atoms with Crippen LogP contribution in [0.1, 0.15) is 67.4 Å². The maximum atomic E-state index is 12.6. The van der Waals surface area contributed by atoms with Crippen LogP contribution in [-0.4, -0.2) is 30.1 Å². The number of aliphatic imine (C=N–C) groups is 1. The number of benzene rings is 1. The first kappa shape index (κ1) is 17.7. The molecule has 0 heterocycles. The molecule has 1 aromatic carbocycles. The van der Waals surface area contributed by atoms with Crippen molar-refractivity contribution in [2.45, 2.75) is 59.8 Å². The number of aryl methyl sites for hydroxylation is 2. The molecule has 0 unspecified atom stereocenters. The van der Waals surface area contributed by atoms with Gasteiger partial charge in [-0.15, -0.1) is 0 Å². The van der Waals surface area contributed by atoms with Crippen molar-refractivity contribution in [3.63, 3.8) is 0 Å². The molecule has 23 heavy (non-hydrogen) atoms. The SMILES string of the molecule is CCN(C)/C(C)=N/c1cc(C)c(C(=O)CC2CCCC2)cc1C. The Hall–Kier alpha value is -1.64. The highest BCUT2D eigenvalue weighted by atomic mass is 16.1. The fraction of sp³-hybridized carbons (Fsp3) is 0.600. The van der Waals surface area contributed by atoms with Crippen molar-refractivity contribution < 1.29 is 4.79 Å². The predicted molar refractivity (Wildman–Crippen MR) is 97.9 cm³/mol. The quantitative estimate of drug-likeness (QED) is 0.432. The molecule has 0 aliphatic heterocycles. The van der Waals surface area contributed by atoms with Gasteiger partial charge in [0.25, 0.3) is 0 Å². The summed E-state index contributed by atoms with van der Waals surface area (Å²) in [4.78, 5) is 19.5. The number of Topliss-reactive ketones (excluding diaryl/α,β-unsaturated/α-hetero) is 1. The van der Waals surface area contributed by atoms with Crippen LogP contribution in [0, 0.1) is 19.8 Å². The van der Waals surface area contributed by atoms with Crippen molar-refractivity contribution in [2.24, 2.45) is 10.9 Å². The Labute approximate surface area is 140 Å². The second-order valence-electron chi connectivity index (χ2n) is 6.90. The summed E-state index contributed by atoms with van der Waals surface area (Å²) in [5.74, 6) is 1.90. The average Bonchev–Trinajstić information content (AvgIpc) is 3.02. The van der Waals surface area contributed by atoms with E-state index in [2.05, 4.69) is 17.9 Å². The molecule has 1 aliphatic rings. The molecule has 3 nitrogen and oxygen atoms in total. The molecule has 1 fully saturated rings. The maximum Gasteiger partial charge on any atom is 0.163 e. The van der Waals surface area contributed by atoms with Gasteiger partial charge in [0.2, 0.25) is 0 Å². The smallest absolute Gasteiger partial charge is 0.163 e. The Morgan fingerprint density at radius 3 is 2.48 bits per heavy atom. The molecule has 0 bridgehead atoms. The zero-order valence-corrected chi connectivity index (χ0v) is 15.3. The van der Waals surface area contributed by atoms with Crippen LogP contribution in [0.25, 0.3) is 0 Å². The molecule has 1 aliphatic carbocycles. The van der Waals surface area contributed by atoms with E-state index < -0.39 is 0 Å². The van der Waals surface area contributed by atoms with Crippen LogP contribution < -0.4 is 0 Å². The second-order valence-corrected chi connectivity index (χ2v) is 6.90. The van der Waals surface area contributed by atoms with E-state index >= 15 is 0 Å². The van der Waals surface area contributed by atoms with E-state index in [9.17, 15) is 4.79 Å². The van der Waals surface area contributed by atoms with E-state index in [1.807, 2.05) is 33.9 Å². The number of hydrogen-bond donors (Lipinski definition) is 0. The third-order valence-electron chi connectivity index (χ3n) is 5.10. The predicted octanol–water partition coefficient (Wildman–Crippen LogP) is 5.07. The Kier molecular flexibility index (Phi) is 5.97. The highest BCUT2D eigenvalue weighted by Gasteiger charge is 2.20. The standard InChI is InChI=1S/C20H30N2O/c1-6-22(5)16(4)21-19-12-14(2)18(11-15(19)3)20(23)13-17-9-7-8-10-17/h11-12,17H,6-10,13H2,1-5H3/b21-16+. The lowest BCUT2D eigenvalue weighted by Crippen LogP contribution is -2.23. The molecule has 0 amide bonds. The summed E-state index contributed by atoms with van der Waals surface area (Å²) >= 11 is 0. The first-order valence-corrected chi connectivity index (χ1v) is 8.83. The van der Waals surface area contributed by atoms with Crippen molar-refractivity contribution in [3.05, 3.63) is 28.8 Å². The molecule has 0 saturated heterocycles. The number of nitrogens with zero attached hydrogens (tertiary/aromatic N) is 2. The van der Waals surface area contributed by atoms with Crippen molar-refractivity contribution >= 4 is 17.3 Å². The van der Waals surface area contributed by atoms with E-state index in [1.165, 1.54) is 25.7 Å². The summed E-state index contributed by atoms with van der Waals surface area (Å²) in [6.45, 7) is 9.15. The van der Waals surface area contributed by atoms with E-state index in [0.29, 0.717) is 18.1 Å². The van der Waals surface area contributed by atoms with Gasteiger partial charge in [-0.05, 0) is 56.9 Å². The van der Waals surface area contributed by atoms with Crippen LogP contribution in [0.3, 0.4) is 0 Å². The third-order valence-corrected chi connectivity index (χ3v) is 5.10. The van der Waals surface area contributed by atoms with Gasteiger partial charge >= 0.3 is 0 Å². The third kappa shape index (κ3) is 4.43. The van der Waals surface area contributed by atoms with Crippen molar-refractivity contribution in [2.75, 3.05) is 13.6 Å². The Morgan fingerprint density at radius 1 is 1.22 bits per heavy atom. The molecule has 1 saturated carbocycles. The minimum Gasteiger partial charge on any atom is -0.364 e. The largest absolute Gasteiger partial charge is 0.364 e. The lowest BCUT2D eigenvalue weighted by atomic mass is 9.93. The lowest BCUT2D eigenvalue weighted by Gasteiger charge is -2.17. The van der Waals surface area contributed by atoms with E-state index in [4.69, 9.17) is 4.99 Å². The number of carbonyl (C=O) groups excluding carboxylic acids is 1. The summed E-state index contributed by atoms with van der Waals surface area (Å²) in [6.07, 6.45) is 5.71. The van der Waals surface area contributed by atoms with Gasteiger partial charge in [-0.2, -0.15) is 0 Å². The van der Waals surface area contributed by atoms with Crippen LogP contribution >= 0.6 is 0 Å². The monoisotopic (exact) mass is 314 g/mol. The highest BCUT2D eigenvalue weighted by Crippen LogP contribution is 2.30. The van der Waals surface area contributed by atoms with E-state index in [0.717, 1.165) is 34.8 Å². The minimum absolute atomic E-state index is 0.301. The van der Waals surface area contributed by atoms with E-state index in [-0.39, 0.29) is 0 Å². The minimum atomic E-state index is 0.301. The molecule has 0 spiro atoms. The van der Waals surface area contributed by atoms with Crippen LogP contribution in [-0.2, 0) is 0 Å². The van der Waals surface area contributed by atoms with Crippen LogP contribution in [0.15, 0.2) is 17.1 Å². The summed E-state index contributed by atoms with van der Waals surface area (Å²) in [5.41, 5.74) is 3.98. The summed E-state index contributed by atoms with van der Waals surface area (Å²) in [7, 11) is 2.04. The van der Waals surface area contributed by atoms with Gasteiger partial charge in [0.05, 0.1) is 5.69 Å². The van der Waals surface area contributed by atoms with Gasteiger partial charge in [0, 0.05) is 25.6 Å². The number of hydrogen-bond acceptors (Lipinski definition) is 2. The lowest BCUT2D eigenvalue weighted by molar-refractivity contribution is 0.0961. The molecule has 126 valence electrons. The fourth-order valence-electron chi connectivity index (χ4n) is 3.30. The van der Waals surface area contributed by atoms with Crippen LogP contribution in [0.2, 0.25) is 0 Å². The van der Waals surface area contributed by atoms with Crippen molar-refractivity contribution in [1.82, 2.24) is 4.90 Å². The highest BCUT2D eigenvalue weighted by molar-refractivity contribution is 5.98. The number of rotatable bonds is 5. The number of carbonyl (C=O) groups is 1. The summed E-state index contributed by atoms with van der Waals surface area (Å²) in [6, 6.07) is 4.09. The molecule has 0 N–H and O–H groups in total. The molecular formula is C20H30N2O. The summed E-state index contributed by atoms with van der Waals surface area (Å²) in [5, 5.41) is 0. The van der Waals surface area contributed by atoms with Gasteiger partial charge in [-0.1, -0.05) is 25.7 Å². The zero-order valence-electron chi connectivity index (χ0n) is 15.3. The maximum absolute atomic E-state index is 12.6. The van der Waals surface area contributed by atoms with Crippen LogP contribution in [0.5, 0.6) is 0 Å². The Morgan fingerprint density at radius 2 is 1.87 bits per heavy atom. The van der Waals surface area contributed by atoms with Crippen LogP contribution in [0.4, 0.5) is 5.69 Å². The van der Waals surface area contributed by atoms with Gasteiger partial charge in [-0.25, -0.2) is 4.99 Å². The Bertz CT molecular complexity index is 598. The molecule has 0 aromatic heterocycles. The fourth-order valence-corrected chi connectivity index (χ4v) is 3.30. The molecule has 0 radical (unpaired) electrons. The number of amidine groups is 1. The van der Waals surface area contributed by atoms with Gasteiger partial charge in [0.15, 0.2) is 5.78 Å². The first-order chi connectivity index (χ1) is 10.9.